The normalized spacial score (nSPS) is 18.2. The number of carbonyl (C=O) groups excluding carboxylic acids is 1. The van der Waals surface area contributed by atoms with Crippen LogP contribution < -0.4 is 5.73 Å². The van der Waals surface area contributed by atoms with Gasteiger partial charge in [0, 0.05) is 10.6 Å². The summed E-state index contributed by atoms with van der Waals surface area (Å²) in [6.07, 6.45) is -0.676. The summed E-state index contributed by atoms with van der Waals surface area (Å²) in [5.74, 6) is 0.00193. The predicted octanol–water partition coefficient (Wildman–Crippen LogP) is 3.31. The van der Waals surface area contributed by atoms with E-state index in [-0.39, 0.29) is 11.7 Å². The minimum Gasteiger partial charge on any atom is -0.462 e. The van der Waals surface area contributed by atoms with E-state index in [1.165, 1.54) is 0 Å². The Balaban J connectivity index is 1.98. The number of nitrogens with two attached hydrogens (primary N) is 1. The van der Waals surface area contributed by atoms with Crippen LogP contribution in [0.25, 0.3) is 5.57 Å². The Kier molecular flexibility index (Phi) is 3.20. The fourth-order valence-corrected chi connectivity index (χ4v) is 2.46. The molecule has 20 heavy (non-hydrogen) atoms. The molecule has 0 aliphatic carbocycles. The van der Waals surface area contributed by atoms with E-state index in [1.54, 1.807) is 24.3 Å². The number of halogens is 1. The third kappa shape index (κ3) is 2.17. The molecule has 0 fully saturated rings. The SMILES string of the molecule is NC1=C(c2cccc(Cl)c2)C(=O)C(c2ccccc2)O1. The topological polar surface area (TPSA) is 52.3 Å². The lowest BCUT2D eigenvalue weighted by atomic mass is 9.97. The average Bonchev–Trinajstić information content (AvgIpc) is 2.75. The van der Waals surface area contributed by atoms with Gasteiger partial charge < -0.3 is 10.5 Å². The van der Waals surface area contributed by atoms with Crippen molar-refractivity contribution in [3.05, 3.63) is 76.6 Å². The van der Waals surface area contributed by atoms with Crippen molar-refractivity contribution in [3.8, 4) is 0 Å². The van der Waals surface area contributed by atoms with Crippen LogP contribution in [0.5, 0.6) is 0 Å². The molecule has 3 rings (SSSR count). The van der Waals surface area contributed by atoms with Crippen LogP contribution in [0.2, 0.25) is 5.02 Å². The second kappa shape index (κ2) is 5.02. The first-order valence-corrected chi connectivity index (χ1v) is 6.56. The highest BCUT2D eigenvalue weighted by Crippen LogP contribution is 2.36. The Bertz CT molecular complexity index is 695. The summed E-state index contributed by atoms with van der Waals surface area (Å²) in [7, 11) is 0. The second-order valence-electron chi connectivity index (χ2n) is 4.52. The lowest BCUT2D eigenvalue weighted by Gasteiger charge is -2.09. The van der Waals surface area contributed by atoms with E-state index in [9.17, 15) is 4.79 Å². The predicted molar refractivity (Wildman–Crippen MR) is 77.8 cm³/mol. The van der Waals surface area contributed by atoms with Gasteiger partial charge in [0.2, 0.25) is 5.78 Å². The molecule has 2 aromatic rings. The molecule has 3 nitrogen and oxygen atoms in total. The van der Waals surface area contributed by atoms with Gasteiger partial charge in [0.05, 0.1) is 5.57 Å². The Morgan fingerprint density at radius 2 is 1.80 bits per heavy atom. The number of hydrogen-bond donors (Lipinski definition) is 1. The number of benzene rings is 2. The lowest BCUT2D eigenvalue weighted by molar-refractivity contribution is -0.120. The highest BCUT2D eigenvalue weighted by molar-refractivity contribution is 6.31. The maximum atomic E-state index is 12.5. The summed E-state index contributed by atoms with van der Waals surface area (Å²) in [5, 5.41) is 0.554. The molecule has 1 aliphatic rings. The fraction of sp³-hybridized carbons (Fsp3) is 0.0625. The van der Waals surface area contributed by atoms with E-state index in [0.29, 0.717) is 16.2 Å². The van der Waals surface area contributed by atoms with Gasteiger partial charge >= 0.3 is 0 Å². The quantitative estimate of drug-likeness (QED) is 0.921. The first-order valence-electron chi connectivity index (χ1n) is 6.18. The van der Waals surface area contributed by atoms with Gasteiger partial charge in [0.25, 0.3) is 0 Å². The number of rotatable bonds is 2. The first kappa shape index (κ1) is 12.8. The smallest absolute Gasteiger partial charge is 0.213 e. The Labute approximate surface area is 121 Å². The van der Waals surface area contributed by atoms with E-state index >= 15 is 0 Å². The van der Waals surface area contributed by atoms with Crippen LogP contribution in [0.1, 0.15) is 17.2 Å². The van der Waals surface area contributed by atoms with Crippen molar-refractivity contribution in [1.82, 2.24) is 0 Å². The number of ether oxygens (including phenoxy) is 1. The molecule has 100 valence electrons. The van der Waals surface area contributed by atoms with Gasteiger partial charge in [0.1, 0.15) is 0 Å². The van der Waals surface area contributed by atoms with Crippen LogP contribution in [0, 0.1) is 0 Å². The summed E-state index contributed by atoms with van der Waals surface area (Å²) in [6.45, 7) is 0. The molecule has 1 aliphatic heterocycles. The molecule has 1 heterocycles. The van der Waals surface area contributed by atoms with Gasteiger partial charge in [-0.2, -0.15) is 0 Å². The highest BCUT2D eigenvalue weighted by atomic mass is 35.5. The van der Waals surface area contributed by atoms with E-state index in [2.05, 4.69) is 0 Å². The number of Topliss-reactive ketones (excluding diaryl/α,β-unsaturated/α-hetero) is 1. The van der Waals surface area contributed by atoms with Gasteiger partial charge in [-0.25, -0.2) is 0 Å². The summed E-state index contributed by atoms with van der Waals surface area (Å²) >= 11 is 5.96. The monoisotopic (exact) mass is 285 g/mol. The molecule has 0 spiro atoms. The summed E-state index contributed by atoms with van der Waals surface area (Å²) in [4.78, 5) is 12.5. The second-order valence-corrected chi connectivity index (χ2v) is 4.96. The van der Waals surface area contributed by atoms with Crippen LogP contribution in [0.4, 0.5) is 0 Å². The third-order valence-corrected chi connectivity index (χ3v) is 3.43. The van der Waals surface area contributed by atoms with Crippen molar-refractivity contribution < 1.29 is 9.53 Å². The maximum absolute atomic E-state index is 12.5. The molecular formula is C16H12ClNO2. The molecule has 0 radical (unpaired) electrons. The Morgan fingerprint density at radius 3 is 2.50 bits per heavy atom. The lowest BCUT2D eigenvalue weighted by Crippen LogP contribution is -2.09. The van der Waals surface area contributed by atoms with Gasteiger partial charge in [-0.05, 0) is 17.7 Å². The minimum absolute atomic E-state index is 0.143. The zero-order valence-corrected chi connectivity index (χ0v) is 11.3. The zero-order valence-electron chi connectivity index (χ0n) is 10.5. The third-order valence-electron chi connectivity index (χ3n) is 3.19. The van der Waals surface area contributed by atoms with Gasteiger partial charge in [-0.3, -0.25) is 4.79 Å². The number of carbonyl (C=O) groups is 1. The summed E-state index contributed by atoms with van der Waals surface area (Å²) in [5.41, 5.74) is 7.73. The first-order chi connectivity index (χ1) is 9.66. The van der Waals surface area contributed by atoms with Crippen LogP contribution in [-0.4, -0.2) is 5.78 Å². The van der Waals surface area contributed by atoms with Gasteiger partial charge in [0.15, 0.2) is 12.0 Å². The molecule has 0 aromatic heterocycles. The van der Waals surface area contributed by atoms with E-state index in [0.717, 1.165) is 5.56 Å². The largest absolute Gasteiger partial charge is 0.462 e. The van der Waals surface area contributed by atoms with Crippen LogP contribution >= 0.6 is 11.6 Å². The van der Waals surface area contributed by atoms with E-state index in [1.807, 2.05) is 30.3 Å². The van der Waals surface area contributed by atoms with Crippen molar-refractivity contribution in [2.75, 3.05) is 0 Å². The van der Waals surface area contributed by atoms with Crippen molar-refractivity contribution in [2.45, 2.75) is 6.10 Å². The molecule has 1 atom stereocenters. The molecule has 0 saturated carbocycles. The molecule has 0 bridgehead atoms. The number of hydrogen-bond acceptors (Lipinski definition) is 3. The standard InChI is InChI=1S/C16H12ClNO2/c17-12-8-4-7-11(9-12)13-14(19)15(20-16(13)18)10-5-2-1-3-6-10/h1-9,15H,18H2. The van der Waals surface area contributed by atoms with Crippen LogP contribution in [-0.2, 0) is 9.53 Å². The molecule has 2 N–H and O–H groups in total. The van der Waals surface area contributed by atoms with E-state index < -0.39 is 6.10 Å². The zero-order chi connectivity index (χ0) is 14.1. The van der Waals surface area contributed by atoms with Crippen molar-refractivity contribution in [1.29, 1.82) is 0 Å². The molecule has 1 unspecified atom stereocenters. The minimum atomic E-state index is -0.676. The Morgan fingerprint density at radius 1 is 1.05 bits per heavy atom. The summed E-state index contributed by atoms with van der Waals surface area (Å²) < 4.78 is 5.53. The van der Waals surface area contributed by atoms with Crippen molar-refractivity contribution in [3.63, 3.8) is 0 Å². The fourth-order valence-electron chi connectivity index (χ4n) is 2.27. The van der Waals surface area contributed by atoms with Crippen molar-refractivity contribution >= 4 is 23.0 Å². The maximum Gasteiger partial charge on any atom is 0.213 e. The van der Waals surface area contributed by atoms with Crippen LogP contribution in [0.3, 0.4) is 0 Å². The number of ketones is 1. The molecule has 2 aromatic carbocycles. The highest BCUT2D eigenvalue weighted by Gasteiger charge is 2.35. The Hall–Kier alpha value is -2.26. The van der Waals surface area contributed by atoms with Crippen LogP contribution in [0.15, 0.2) is 60.5 Å². The molecule has 0 amide bonds. The van der Waals surface area contributed by atoms with Gasteiger partial charge in [-0.15, -0.1) is 0 Å². The molecule has 0 saturated heterocycles. The van der Waals surface area contributed by atoms with Crippen molar-refractivity contribution in [2.24, 2.45) is 5.73 Å². The average molecular weight is 286 g/mol. The van der Waals surface area contributed by atoms with Gasteiger partial charge in [-0.1, -0.05) is 54.1 Å². The van der Waals surface area contributed by atoms with E-state index in [4.69, 9.17) is 22.1 Å². The molecular weight excluding hydrogens is 274 g/mol. The molecule has 4 heteroatoms. The summed E-state index contributed by atoms with van der Waals surface area (Å²) in [6, 6.07) is 16.3.